The first-order chi connectivity index (χ1) is 9.81. The van der Waals surface area contributed by atoms with Crippen LogP contribution in [0.15, 0.2) is 53.5 Å². The van der Waals surface area contributed by atoms with E-state index in [1.54, 1.807) is 7.11 Å². The molecule has 0 aromatic heterocycles. The lowest BCUT2D eigenvalue weighted by molar-refractivity contribution is 0.134. The molecule has 0 bridgehead atoms. The summed E-state index contributed by atoms with van der Waals surface area (Å²) < 4.78 is 10.5. The smallest absolute Gasteiger partial charge is 0.118 e. The van der Waals surface area contributed by atoms with Crippen LogP contribution in [0.2, 0.25) is 0 Å². The van der Waals surface area contributed by atoms with Gasteiger partial charge in [0.15, 0.2) is 0 Å². The molecule has 0 aliphatic carbocycles. The SMILES string of the molecule is CCOCc1cccc(N=Cc2ccc(OC)cc2)c1. The Morgan fingerprint density at radius 3 is 2.60 bits per heavy atom. The zero-order chi connectivity index (χ0) is 14.2. The second-order valence-electron chi connectivity index (χ2n) is 4.34. The topological polar surface area (TPSA) is 30.8 Å². The summed E-state index contributed by atoms with van der Waals surface area (Å²) in [6.45, 7) is 3.34. The average molecular weight is 269 g/mol. The molecule has 2 aromatic rings. The first kappa shape index (κ1) is 14.3. The highest BCUT2D eigenvalue weighted by Gasteiger charge is 1.95. The molecule has 0 unspecified atom stereocenters. The van der Waals surface area contributed by atoms with Crippen LogP contribution in [0.3, 0.4) is 0 Å². The van der Waals surface area contributed by atoms with E-state index < -0.39 is 0 Å². The minimum Gasteiger partial charge on any atom is -0.497 e. The van der Waals surface area contributed by atoms with Crippen molar-refractivity contribution in [1.82, 2.24) is 0 Å². The van der Waals surface area contributed by atoms with Crippen molar-refractivity contribution < 1.29 is 9.47 Å². The third-order valence-corrected chi connectivity index (χ3v) is 2.86. The van der Waals surface area contributed by atoms with Crippen molar-refractivity contribution in [3.63, 3.8) is 0 Å². The average Bonchev–Trinajstić information content (AvgIpc) is 2.52. The van der Waals surface area contributed by atoms with E-state index in [0.717, 1.165) is 29.2 Å². The molecule has 3 heteroatoms. The zero-order valence-electron chi connectivity index (χ0n) is 11.9. The molecule has 0 aliphatic heterocycles. The van der Waals surface area contributed by atoms with Gasteiger partial charge in [0.1, 0.15) is 5.75 Å². The molecule has 2 aromatic carbocycles. The van der Waals surface area contributed by atoms with Crippen molar-refractivity contribution in [2.45, 2.75) is 13.5 Å². The number of rotatable bonds is 6. The third kappa shape index (κ3) is 4.21. The van der Waals surface area contributed by atoms with Crippen LogP contribution in [0, 0.1) is 0 Å². The summed E-state index contributed by atoms with van der Waals surface area (Å²) in [6, 6.07) is 15.9. The monoisotopic (exact) mass is 269 g/mol. The number of ether oxygens (including phenoxy) is 2. The maximum absolute atomic E-state index is 5.40. The predicted octanol–water partition coefficient (Wildman–Crippen LogP) is 3.98. The Bertz CT molecular complexity index is 561. The van der Waals surface area contributed by atoms with E-state index in [-0.39, 0.29) is 0 Å². The van der Waals surface area contributed by atoms with Gasteiger partial charge in [-0.25, -0.2) is 0 Å². The lowest BCUT2D eigenvalue weighted by atomic mass is 10.2. The fourth-order valence-corrected chi connectivity index (χ4v) is 1.79. The molecular formula is C17H19NO2. The van der Waals surface area contributed by atoms with E-state index in [4.69, 9.17) is 9.47 Å². The standard InChI is InChI=1S/C17H19NO2/c1-3-20-13-15-5-4-6-16(11-15)18-12-14-7-9-17(19-2)10-8-14/h4-12H,3,13H2,1-2H3. The Balaban J connectivity index is 2.06. The van der Waals surface area contributed by atoms with Crippen LogP contribution in [-0.2, 0) is 11.3 Å². The number of hydrogen-bond acceptors (Lipinski definition) is 3. The molecule has 0 saturated heterocycles. The molecule has 0 saturated carbocycles. The van der Waals surface area contributed by atoms with E-state index in [0.29, 0.717) is 6.61 Å². The highest BCUT2D eigenvalue weighted by atomic mass is 16.5. The highest BCUT2D eigenvalue weighted by Crippen LogP contribution is 2.16. The van der Waals surface area contributed by atoms with Crippen molar-refractivity contribution in [3.05, 3.63) is 59.7 Å². The van der Waals surface area contributed by atoms with Gasteiger partial charge in [-0.3, -0.25) is 4.99 Å². The quantitative estimate of drug-likeness (QED) is 0.743. The maximum Gasteiger partial charge on any atom is 0.118 e. The van der Waals surface area contributed by atoms with E-state index >= 15 is 0 Å². The Kier molecular flexibility index (Phi) is 5.33. The molecule has 20 heavy (non-hydrogen) atoms. The Morgan fingerprint density at radius 2 is 1.90 bits per heavy atom. The number of hydrogen-bond donors (Lipinski definition) is 0. The second-order valence-corrected chi connectivity index (χ2v) is 4.34. The van der Waals surface area contributed by atoms with Crippen LogP contribution in [0.1, 0.15) is 18.1 Å². The fourth-order valence-electron chi connectivity index (χ4n) is 1.79. The van der Waals surface area contributed by atoms with Gasteiger partial charge in [0.25, 0.3) is 0 Å². The van der Waals surface area contributed by atoms with Crippen LogP contribution < -0.4 is 4.74 Å². The molecule has 0 fully saturated rings. The molecule has 0 N–H and O–H groups in total. The van der Waals surface area contributed by atoms with Crippen molar-refractivity contribution >= 4 is 11.9 Å². The van der Waals surface area contributed by atoms with Gasteiger partial charge in [-0.1, -0.05) is 12.1 Å². The minimum atomic E-state index is 0.627. The highest BCUT2D eigenvalue weighted by molar-refractivity contribution is 5.82. The molecule has 0 radical (unpaired) electrons. The predicted molar refractivity (Wildman–Crippen MR) is 82.0 cm³/mol. The largest absolute Gasteiger partial charge is 0.497 e. The number of benzene rings is 2. The Hall–Kier alpha value is -2.13. The molecule has 2 rings (SSSR count). The molecule has 0 amide bonds. The molecule has 104 valence electrons. The lowest BCUT2D eigenvalue weighted by Gasteiger charge is -2.02. The van der Waals surface area contributed by atoms with E-state index in [2.05, 4.69) is 4.99 Å². The Morgan fingerprint density at radius 1 is 1.10 bits per heavy atom. The van der Waals surface area contributed by atoms with Gasteiger partial charge < -0.3 is 9.47 Å². The summed E-state index contributed by atoms with van der Waals surface area (Å²) in [7, 11) is 1.66. The summed E-state index contributed by atoms with van der Waals surface area (Å²) >= 11 is 0. The number of nitrogens with zero attached hydrogens (tertiary/aromatic N) is 1. The lowest BCUT2D eigenvalue weighted by Crippen LogP contribution is -1.90. The van der Waals surface area contributed by atoms with Crippen LogP contribution >= 0.6 is 0 Å². The zero-order valence-corrected chi connectivity index (χ0v) is 11.9. The molecule has 3 nitrogen and oxygen atoms in total. The van der Waals surface area contributed by atoms with Gasteiger partial charge in [-0.05, 0) is 54.4 Å². The minimum absolute atomic E-state index is 0.627. The van der Waals surface area contributed by atoms with Gasteiger partial charge in [0, 0.05) is 12.8 Å². The molecule has 0 atom stereocenters. The summed E-state index contributed by atoms with van der Waals surface area (Å²) in [6.07, 6.45) is 1.85. The summed E-state index contributed by atoms with van der Waals surface area (Å²) in [5, 5.41) is 0. The summed E-state index contributed by atoms with van der Waals surface area (Å²) in [4.78, 5) is 4.48. The van der Waals surface area contributed by atoms with Crippen LogP contribution in [0.25, 0.3) is 0 Å². The summed E-state index contributed by atoms with van der Waals surface area (Å²) in [5.74, 6) is 0.848. The Labute approximate surface area is 119 Å². The first-order valence-corrected chi connectivity index (χ1v) is 6.66. The molecular weight excluding hydrogens is 250 g/mol. The van der Waals surface area contributed by atoms with Crippen LogP contribution in [-0.4, -0.2) is 19.9 Å². The third-order valence-electron chi connectivity index (χ3n) is 2.86. The van der Waals surface area contributed by atoms with E-state index in [1.165, 1.54) is 0 Å². The summed E-state index contributed by atoms with van der Waals surface area (Å²) in [5.41, 5.74) is 3.11. The van der Waals surface area contributed by atoms with Gasteiger partial charge >= 0.3 is 0 Å². The number of methoxy groups -OCH3 is 1. The van der Waals surface area contributed by atoms with Gasteiger partial charge in [-0.2, -0.15) is 0 Å². The van der Waals surface area contributed by atoms with Gasteiger partial charge in [-0.15, -0.1) is 0 Å². The van der Waals surface area contributed by atoms with Crippen LogP contribution in [0.4, 0.5) is 5.69 Å². The van der Waals surface area contributed by atoms with Crippen molar-refractivity contribution in [1.29, 1.82) is 0 Å². The van der Waals surface area contributed by atoms with Crippen molar-refractivity contribution in [2.24, 2.45) is 4.99 Å². The van der Waals surface area contributed by atoms with E-state index in [1.807, 2.05) is 61.7 Å². The fraction of sp³-hybridized carbons (Fsp3) is 0.235. The molecule has 0 spiro atoms. The molecule has 0 heterocycles. The normalized spacial score (nSPS) is 10.9. The van der Waals surface area contributed by atoms with E-state index in [9.17, 15) is 0 Å². The maximum atomic E-state index is 5.40. The number of aliphatic imine (C=N–C) groups is 1. The van der Waals surface area contributed by atoms with Crippen LogP contribution in [0.5, 0.6) is 5.75 Å². The van der Waals surface area contributed by atoms with Gasteiger partial charge in [0.2, 0.25) is 0 Å². The van der Waals surface area contributed by atoms with Crippen molar-refractivity contribution in [2.75, 3.05) is 13.7 Å². The van der Waals surface area contributed by atoms with Crippen molar-refractivity contribution in [3.8, 4) is 5.75 Å². The first-order valence-electron chi connectivity index (χ1n) is 6.66. The second kappa shape index (κ2) is 7.46. The van der Waals surface area contributed by atoms with Gasteiger partial charge in [0.05, 0.1) is 19.4 Å². The molecule has 0 aliphatic rings.